The lowest BCUT2D eigenvalue weighted by molar-refractivity contribution is 0.0776. The number of aromatic nitrogens is 3. The van der Waals surface area contributed by atoms with Crippen LogP contribution in [-0.2, 0) is 0 Å². The molecule has 0 aliphatic carbocycles. The lowest BCUT2D eigenvalue weighted by Gasteiger charge is -2.23. The molecule has 172 valence electrons. The van der Waals surface area contributed by atoms with Crippen molar-refractivity contribution in [2.75, 3.05) is 26.2 Å². The normalized spacial score (nSPS) is 20.2. The predicted octanol–water partition coefficient (Wildman–Crippen LogP) is 3.92. The third kappa shape index (κ3) is 4.29. The summed E-state index contributed by atoms with van der Waals surface area (Å²) in [5, 5.41) is 8.40. The van der Waals surface area contributed by atoms with E-state index in [9.17, 15) is 4.79 Å². The molecule has 3 aromatic rings. The Hall–Kier alpha value is -4.00. The number of rotatable bonds is 6. The highest BCUT2D eigenvalue weighted by molar-refractivity contribution is 6.09. The first kappa shape index (κ1) is 21.8. The number of hydrogen-bond donors (Lipinski definition) is 0. The van der Waals surface area contributed by atoms with Crippen LogP contribution >= 0.6 is 0 Å². The third-order valence-corrected chi connectivity index (χ3v) is 6.68. The molecular weight excluding hydrogens is 424 g/mol. The maximum atomic E-state index is 13.4. The van der Waals surface area contributed by atoms with Gasteiger partial charge >= 0.3 is 0 Å². The monoisotopic (exact) mass is 452 g/mol. The van der Waals surface area contributed by atoms with Crippen molar-refractivity contribution in [2.45, 2.75) is 6.92 Å². The van der Waals surface area contributed by atoms with Crippen LogP contribution in [-0.4, -0.2) is 63.1 Å². The quantitative estimate of drug-likeness (QED) is 0.532. The van der Waals surface area contributed by atoms with Crippen molar-refractivity contribution >= 4 is 17.7 Å². The lowest BCUT2D eigenvalue weighted by Crippen LogP contribution is -2.33. The summed E-state index contributed by atoms with van der Waals surface area (Å²) >= 11 is 0. The molecular formula is C27H28N6O. The molecule has 0 saturated carbocycles. The minimum absolute atomic E-state index is 0.0336. The van der Waals surface area contributed by atoms with Crippen molar-refractivity contribution < 1.29 is 4.79 Å². The number of carbonyl (C=O) groups excluding carboxylic acids is 1. The minimum Gasteiger partial charge on any atom is -0.356 e. The summed E-state index contributed by atoms with van der Waals surface area (Å²) in [5.41, 5.74) is 3.55. The third-order valence-electron chi connectivity index (χ3n) is 6.68. The minimum atomic E-state index is 0.0336. The number of benzene rings is 2. The Kier molecular flexibility index (Phi) is 6.08. The van der Waals surface area contributed by atoms with Gasteiger partial charge in [-0.1, -0.05) is 55.1 Å². The van der Waals surface area contributed by atoms with Crippen molar-refractivity contribution in [3.8, 4) is 5.69 Å². The summed E-state index contributed by atoms with van der Waals surface area (Å²) in [7, 11) is 0. The number of carbonyl (C=O) groups is 1. The van der Waals surface area contributed by atoms with Gasteiger partial charge in [-0.2, -0.15) is 15.0 Å². The van der Waals surface area contributed by atoms with Crippen LogP contribution in [0.15, 0.2) is 90.5 Å². The number of nitrogens with zero attached hydrogens (tertiary/aromatic N) is 6. The lowest BCUT2D eigenvalue weighted by atomic mass is 10.0. The average Bonchev–Trinajstić information content (AvgIpc) is 3.61. The summed E-state index contributed by atoms with van der Waals surface area (Å²) < 4.78 is 0. The fraction of sp³-hybridized carbons (Fsp3) is 0.259. The summed E-state index contributed by atoms with van der Waals surface area (Å²) in [5.74, 6) is 1.64. The number of amides is 1. The smallest absolute Gasteiger partial charge is 0.256 e. The molecule has 2 aliphatic heterocycles. The highest BCUT2D eigenvalue weighted by Gasteiger charge is 2.42. The Balaban J connectivity index is 1.22. The Morgan fingerprint density at radius 2 is 1.56 bits per heavy atom. The summed E-state index contributed by atoms with van der Waals surface area (Å²) in [4.78, 5) is 23.7. The van der Waals surface area contributed by atoms with E-state index < -0.39 is 0 Å². The van der Waals surface area contributed by atoms with Crippen LogP contribution in [0.25, 0.3) is 11.3 Å². The second-order valence-corrected chi connectivity index (χ2v) is 8.76. The fourth-order valence-electron chi connectivity index (χ4n) is 4.88. The Morgan fingerprint density at radius 3 is 2.24 bits per heavy atom. The number of likely N-dealkylation sites (tertiary alicyclic amines) is 2. The average molecular weight is 453 g/mol. The van der Waals surface area contributed by atoms with Gasteiger partial charge in [-0.3, -0.25) is 4.79 Å². The standard InChI is InChI=1S/C27H28N6O/c1-3-21(22-9-5-4-6-10-22)15-28-20(2)31-16-23-18-32(19-24(23)17-31)27(34)25-11-7-8-12-26(25)33-29-13-14-30-33/h3-15,23-24H,2,16-19H2,1H3/b21-3+,28-15-. The van der Waals surface area contributed by atoms with Crippen molar-refractivity contribution in [3.05, 3.63) is 96.6 Å². The molecule has 7 heteroatoms. The van der Waals surface area contributed by atoms with Gasteiger partial charge < -0.3 is 9.80 Å². The van der Waals surface area contributed by atoms with Crippen LogP contribution in [0.2, 0.25) is 0 Å². The van der Waals surface area contributed by atoms with Gasteiger partial charge in [0.25, 0.3) is 5.91 Å². The van der Waals surface area contributed by atoms with Crippen molar-refractivity contribution in [1.82, 2.24) is 24.8 Å². The molecule has 1 aromatic heterocycles. The number of fused-ring (bicyclic) bond motifs is 1. The van der Waals surface area contributed by atoms with E-state index in [4.69, 9.17) is 0 Å². The Bertz CT molecular complexity index is 1220. The van der Waals surface area contributed by atoms with Crippen LogP contribution in [0.3, 0.4) is 0 Å². The van der Waals surface area contributed by atoms with Gasteiger partial charge in [-0.15, -0.1) is 0 Å². The van der Waals surface area contributed by atoms with E-state index >= 15 is 0 Å². The summed E-state index contributed by atoms with van der Waals surface area (Å²) in [6, 6.07) is 17.7. The van der Waals surface area contributed by atoms with Crippen molar-refractivity contribution in [3.63, 3.8) is 0 Å². The Labute approximate surface area is 199 Å². The van der Waals surface area contributed by atoms with E-state index in [2.05, 4.69) is 44.9 Å². The second kappa shape index (κ2) is 9.47. The van der Waals surface area contributed by atoms with Gasteiger partial charge in [-0.25, -0.2) is 4.99 Å². The molecule has 5 rings (SSSR count). The molecule has 0 N–H and O–H groups in total. The Morgan fingerprint density at radius 1 is 0.941 bits per heavy atom. The maximum absolute atomic E-state index is 13.4. The van der Waals surface area contributed by atoms with E-state index in [1.807, 2.05) is 60.5 Å². The second-order valence-electron chi connectivity index (χ2n) is 8.76. The molecule has 7 nitrogen and oxygen atoms in total. The molecule has 1 amide bonds. The first-order chi connectivity index (χ1) is 16.6. The number of aliphatic imine (C=N–C) groups is 1. The van der Waals surface area contributed by atoms with Gasteiger partial charge in [0.2, 0.25) is 0 Å². The van der Waals surface area contributed by atoms with E-state index in [0.29, 0.717) is 23.1 Å². The maximum Gasteiger partial charge on any atom is 0.256 e. The van der Waals surface area contributed by atoms with Crippen LogP contribution < -0.4 is 0 Å². The zero-order chi connectivity index (χ0) is 23.5. The molecule has 2 fully saturated rings. The van der Waals surface area contributed by atoms with Gasteiger partial charge in [0, 0.05) is 44.2 Å². The molecule has 2 aliphatic rings. The predicted molar refractivity (Wildman–Crippen MR) is 134 cm³/mol. The van der Waals surface area contributed by atoms with Gasteiger partial charge in [0.05, 0.1) is 23.6 Å². The van der Waals surface area contributed by atoms with E-state index in [0.717, 1.165) is 43.1 Å². The van der Waals surface area contributed by atoms with Gasteiger partial charge in [0.15, 0.2) is 0 Å². The topological polar surface area (TPSA) is 66.6 Å². The zero-order valence-corrected chi connectivity index (χ0v) is 19.3. The molecule has 2 unspecified atom stereocenters. The molecule has 2 aromatic carbocycles. The van der Waals surface area contributed by atoms with E-state index in [1.54, 1.807) is 12.4 Å². The summed E-state index contributed by atoms with van der Waals surface area (Å²) in [6.45, 7) is 9.43. The highest BCUT2D eigenvalue weighted by atomic mass is 16.2. The molecule has 34 heavy (non-hydrogen) atoms. The molecule has 0 spiro atoms. The molecule has 2 atom stereocenters. The molecule has 3 heterocycles. The van der Waals surface area contributed by atoms with E-state index in [1.165, 1.54) is 4.80 Å². The fourth-order valence-corrected chi connectivity index (χ4v) is 4.88. The molecule has 0 radical (unpaired) electrons. The number of para-hydroxylation sites is 1. The van der Waals surface area contributed by atoms with Crippen molar-refractivity contribution in [2.24, 2.45) is 16.8 Å². The van der Waals surface area contributed by atoms with Gasteiger partial charge in [-0.05, 0) is 30.2 Å². The number of hydrogen-bond acceptors (Lipinski definition) is 5. The van der Waals surface area contributed by atoms with Crippen molar-refractivity contribution in [1.29, 1.82) is 0 Å². The van der Waals surface area contributed by atoms with Crippen LogP contribution in [0, 0.1) is 11.8 Å². The number of allylic oxidation sites excluding steroid dienone is 2. The summed E-state index contributed by atoms with van der Waals surface area (Å²) in [6.07, 6.45) is 7.18. The highest BCUT2D eigenvalue weighted by Crippen LogP contribution is 2.34. The van der Waals surface area contributed by atoms with Crippen LogP contribution in [0.1, 0.15) is 22.8 Å². The largest absolute Gasteiger partial charge is 0.356 e. The van der Waals surface area contributed by atoms with Crippen LogP contribution in [0.5, 0.6) is 0 Å². The first-order valence-electron chi connectivity index (χ1n) is 11.6. The molecule has 0 bridgehead atoms. The van der Waals surface area contributed by atoms with E-state index in [-0.39, 0.29) is 5.91 Å². The van der Waals surface area contributed by atoms with Crippen LogP contribution in [0.4, 0.5) is 0 Å². The SMILES string of the molecule is C=C(/N=C\C(=C/C)c1ccccc1)N1CC2CN(C(=O)c3ccccc3-n3nccn3)CC2C1. The molecule has 2 saturated heterocycles. The first-order valence-corrected chi connectivity index (χ1v) is 11.6. The van der Waals surface area contributed by atoms with Gasteiger partial charge in [0.1, 0.15) is 5.82 Å². The zero-order valence-electron chi connectivity index (χ0n) is 19.3.